The number of nitrogens with zero attached hydrogens (tertiary/aromatic N) is 2. The van der Waals surface area contributed by atoms with Crippen LogP contribution in [0.25, 0.3) is 16.6 Å². The summed E-state index contributed by atoms with van der Waals surface area (Å²) in [6.07, 6.45) is 3.37. The lowest BCUT2D eigenvalue weighted by Crippen LogP contribution is -2.42. The number of rotatable bonds is 4. The number of aromatic nitrogens is 1. The fourth-order valence-corrected chi connectivity index (χ4v) is 3.90. The molecule has 2 heterocycles. The summed E-state index contributed by atoms with van der Waals surface area (Å²) < 4.78 is 28.2. The highest BCUT2D eigenvalue weighted by atomic mass is 35.5. The van der Waals surface area contributed by atoms with Crippen LogP contribution in [0.2, 0.25) is 5.02 Å². The van der Waals surface area contributed by atoms with Crippen molar-refractivity contribution in [1.82, 2.24) is 10.3 Å². The Morgan fingerprint density at radius 2 is 1.86 bits per heavy atom. The number of hydrogen-bond donors (Lipinski definition) is 1. The molecule has 6 heteroatoms. The van der Waals surface area contributed by atoms with Crippen LogP contribution in [0.15, 0.2) is 55.2 Å². The van der Waals surface area contributed by atoms with E-state index in [1.54, 1.807) is 24.4 Å². The zero-order valence-electron chi connectivity index (χ0n) is 15.3. The lowest BCUT2D eigenvalue weighted by molar-refractivity contribution is 0.460. The van der Waals surface area contributed by atoms with E-state index in [1.807, 2.05) is 12.1 Å². The first kappa shape index (κ1) is 18.7. The third-order valence-corrected chi connectivity index (χ3v) is 5.48. The Balaban J connectivity index is 1.45. The van der Waals surface area contributed by atoms with E-state index in [0.717, 1.165) is 37.0 Å². The summed E-state index contributed by atoms with van der Waals surface area (Å²) in [5, 5.41) is 4.24. The van der Waals surface area contributed by atoms with Crippen molar-refractivity contribution in [1.29, 1.82) is 0 Å². The van der Waals surface area contributed by atoms with Crippen LogP contribution in [0.5, 0.6) is 0 Å². The number of nitrogens with one attached hydrogen (secondary N) is 1. The van der Waals surface area contributed by atoms with Gasteiger partial charge in [0.1, 0.15) is 11.3 Å². The van der Waals surface area contributed by atoms with Gasteiger partial charge in [0.05, 0.1) is 5.02 Å². The fraction of sp³-hybridized carbons (Fsp3) is 0.227. The van der Waals surface area contributed by atoms with Crippen LogP contribution in [0, 0.1) is 11.6 Å². The highest BCUT2D eigenvalue weighted by Crippen LogP contribution is 2.29. The minimum absolute atomic E-state index is 0.0899. The lowest BCUT2D eigenvalue weighted by Gasteiger charge is -2.35. The number of anilines is 1. The van der Waals surface area contributed by atoms with Gasteiger partial charge in [-0.05, 0) is 37.1 Å². The standard InChI is InChI=1S/C22H20ClF2N3/c1-14(16-4-2-6-18(23)21(16)25)27-15-9-12-28(13-10-15)20-8-11-26-22-17(20)5-3-7-19(22)24/h2-8,11,15,27H,1,9-10,12-13H2. The third-order valence-electron chi connectivity index (χ3n) is 5.19. The van der Waals surface area contributed by atoms with Gasteiger partial charge in [-0.25, -0.2) is 8.78 Å². The number of fused-ring (bicyclic) bond motifs is 1. The molecule has 0 atom stereocenters. The second-order valence-electron chi connectivity index (χ2n) is 6.95. The minimum atomic E-state index is -0.454. The molecule has 0 unspecified atom stereocenters. The summed E-state index contributed by atoms with van der Waals surface area (Å²) in [6.45, 7) is 5.58. The van der Waals surface area contributed by atoms with Crippen molar-refractivity contribution in [3.63, 3.8) is 0 Å². The van der Waals surface area contributed by atoms with Gasteiger partial charge in [0.25, 0.3) is 0 Å². The van der Waals surface area contributed by atoms with Gasteiger partial charge in [-0.15, -0.1) is 0 Å². The third kappa shape index (κ3) is 3.54. The Morgan fingerprint density at radius 3 is 2.64 bits per heavy atom. The molecule has 1 aliphatic heterocycles. The molecule has 0 radical (unpaired) electrons. The lowest BCUT2D eigenvalue weighted by atomic mass is 10.0. The predicted molar refractivity (Wildman–Crippen MR) is 111 cm³/mol. The molecule has 3 nitrogen and oxygen atoms in total. The molecule has 0 spiro atoms. The van der Waals surface area contributed by atoms with Crippen LogP contribution in [0.3, 0.4) is 0 Å². The summed E-state index contributed by atoms with van der Waals surface area (Å²) in [6, 6.07) is 12.1. The second kappa shape index (κ2) is 7.76. The van der Waals surface area contributed by atoms with E-state index in [9.17, 15) is 8.78 Å². The molecule has 1 N–H and O–H groups in total. The van der Waals surface area contributed by atoms with Crippen LogP contribution >= 0.6 is 11.6 Å². The van der Waals surface area contributed by atoms with Crippen molar-refractivity contribution >= 4 is 33.9 Å². The molecule has 3 aromatic rings. The molecule has 0 saturated carbocycles. The van der Waals surface area contributed by atoms with Crippen molar-refractivity contribution in [2.24, 2.45) is 0 Å². The zero-order valence-corrected chi connectivity index (χ0v) is 16.0. The summed E-state index contributed by atoms with van der Waals surface area (Å²) in [4.78, 5) is 6.41. The molecule has 144 valence electrons. The maximum Gasteiger partial charge on any atom is 0.151 e. The molecule has 0 bridgehead atoms. The molecular weight excluding hydrogens is 380 g/mol. The minimum Gasteiger partial charge on any atom is -0.382 e. The Bertz CT molecular complexity index is 1030. The van der Waals surface area contributed by atoms with Crippen LogP contribution in [-0.2, 0) is 0 Å². The maximum atomic E-state index is 14.2. The van der Waals surface area contributed by atoms with Gasteiger partial charge in [0.15, 0.2) is 5.82 Å². The summed E-state index contributed by atoms with van der Waals surface area (Å²) in [7, 11) is 0. The molecule has 2 aromatic carbocycles. The van der Waals surface area contributed by atoms with E-state index in [-0.39, 0.29) is 16.9 Å². The number of para-hydroxylation sites is 1. The Hall–Kier alpha value is -2.66. The van der Waals surface area contributed by atoms with Crippen LogP contribution in [0.4, 0.5) is 14.5 Å². The van der Waals surface area contributed by atoms with Crippen molar-refractivity contribution in [2.45, 2.75) is 18.9 Å². The monoisotopic (exact) mass is 399 g/mol. The SMILES string of the molecule is C=C(NC1CCN(c2ccnc3c(F)cccc23)CC1)c1cccc(Cl)c1F. The van der Waals surface area contributed by atoms with Crippen LogP contribution in [0.1, 0.15) is 18.4 Å². The molecule has 1 saturated heterocycles. The van der Waals surface area contributed by atoms with Gasteiger partial charge < -0.3 is 10.2 Å². The number of piperidine rings is 1. The quantitative estimate of drug-likeness (QED) is 0.637. The molecule has 0 aliphatic carbocycles. The molecule has 1 aliphatic rings. The van der Waals surface area contributed by atoms with E-state index < -0.39 is 5.82 Å². The molecular formula is C22H20ClF2N3. The summed E-state index contributed by atoms with van der Waals surface area (Å²) >= 11 is 5.86. The largest absolute Gasteiger partial charge is 0.382 e. The zero-order chi connectivity index (χ0) is 19.7. The Labute approximate surface area is 167 Å². The predicted octanol–water partition coefficient (Wildman–Crippen LogP) is 5.40. The summed E-state index contributed by atoms with van der Waals surface area (Å²) in [5.41, 5.74) is 2.31. The van der Waals surface area contributed by atoms with Gasteiger partial charge in [-0.3, -0.25) is 4.98 Å². The normalized spacial score (nSPS) is 15.0. The molecule has 1 fully saturated rings. The van der Waals surface area contributed by atoms with Crippen molar-refractivity contribution < 1.29 is 8.78 Å². The molecule has 0 amide bonds. The van der Waals surface area contributed by atoms with Crippen LogP contribution < -0.4 is 10.2 Å². The van der Waals surface area contributed by atoms with Gasteiger partial charge in [0, 0.05) is 47.7 Å². The van der Waals surface area contributed by atoms with Crippen molar-refractivity contribution in [3.8, 4) is 0 Å². The summed E-state index contributed by atoms with van der Waals surface area (Å²) in [5.74, 6) is -0.764. The fourth-order valence-electron chi connectivity index (χ4n) is 3.73. The first-order valence-corrected chi connectivity index (χ1v) is 9.60. The number of pyridine rings is 1. The average Bonchev–Trinajstić information content (AvgIpc) is 2.70. The van der Waals surface area contributed by atoms with Crippen molar-refractivity contribution in [2.75, 3.05) is 18.0 Å². The van der Waals surface area contributed by atoms with Crippen molar-refractivity contribution in [3.05, 3.63) is 77.5 Å². The Morgan fingerprint density at radius 1 is 1.11 bits per heavy atom. The van der Waals surface area contributed by atoms with Gasteiger partial charge in [-0.2, -0.15) is 0 Å². The number of hydrogen-bond acceptors (Lipinski definition) is 3. The van der Waals surface area contributed by atoms with Gasteiger partial charge >= 0.3 is 0 Å². The molecule has 1 aromatic heterocycles. The topological polar surface area (TPSA) is 28.2 Å². The maximum absolute atomic E-state index is 14.2. The van der Waals surface area contributed by atoms with E-state index in [4.69, 9.17) is 11.6 Å². The molecule has 4 rings (SSSR count). The first-order valence-electron chi connectivity index (χ1n) is 9.22. The van der Waals surface area contributed by atoms with Crippen LogP contribution in [-0.4, -0.2) is 24.1 Å². The first-order chi connectivity index (χ1) is 13.5. The highest BCUT2D eigenvalue weighted by Gasteiger charge is 2.22. The number of benzene rings is 2. The second-order valence-corrected chi connectivity index (χ2v) is 7.36. The van der Waals surface area contributed by atoms with Gasteiger partial charge in [-0.1, -0.05) is 36.4 Å². The highest BCUT2D eigenvalue weighted by molar-refractivity contribution is 6.30. The van der Waals surface area contributed by atoms with E-state index >= 15 is 0 Å². The average molecular weight is 400 g/mol. The van der Waals surface area contributed by atoms with Gasteiger partial charge in [0.2, 0.25) is 0 Å². The molecule has 28 heavy (non-hydrogen) atoms. The van der Waals surface area contributed by atoms with E-state index in [1.165, 1.54) is 12.1 Å². The van der Waals surface area contributed by atoms with E-state index in [2.05, 4.69) is 21.8 Å². The van der Waals surface area contributed by atoms with E-state index in [0.29, 0.717) is 16.8 Å². The smallest absolute Gasteiger partial charge is 0.151 e. The number of halogens is 3. The Kier molecular flexibility index (Phi) is 5.18.